The lowest BCUT2D eigenvalue weighted by molar-refractivity contribution is -0.126. The van der Waals surface area contributed by atoms with Crippen molar-refractivity contribution in [2.75, 3.05) is 31.1 Å². The normalized spacial score (nSPS) is 23.2. The van der Waals surface area contributed by atoms with Crippen LogP contribution in [0.3, 0.4) is 0 Å². The minimum atomic E-state index is -2.85. The molecule has 0 bridgehead atoms. The highest BCUT2D eigenvalue weighted by molar-refractivity contribution is 7.91. The Morgan fingerprint density at radius 3 is 2.64 bits per heavy atom. The van der Waals surface area contributed by atoms with Gasteiger partial charge in [0.15, 0.2) is 9.84 Å². The van der Waals surface area contributed by atoms with Gasteiger partial charge >= 0.3 is 0 Å². The Kier molecular flexibility index (Phi) is 5.73. The van der Waals surface area contributed by atoms with Gasteiger partial charge in [-0.1, -0.05) is 18.2 Å². The maximum atomic E-state index is 12.5. The quantitative estimate of drug-likeness (QED) is 0.750. The van der Waals surface area contributed by atoms with Crippen molar-refractivity contribution in [3.05, 3.63) is 36.5 Å². The number of hydrogen-bond donors (Lipinski definition) is 1. The van der Waals surface area contributed by atoms with Crippen LogP contribution in [0.25, 0.3) is 10.9 Å². The lowest BCUT2D eigenvalue weighted by Crippen LogP contribution is -2.45. The van der Waals surface area contributed by atoms with Gasteiger partial charge in [0.05, 0.1) is 11.5 Å². The van der Waals surface area contributed by atoms with Crippen molar-refractivity contribution < 1.29 is 13.2 Å². The average molecular weight is 404 g/mol. The highest BCUT2D eigenvalue weighted by atomic mass is 32.2. The van der Waals surface area contributed by atoms with Gasteiger partial charge < -0.3 is 9.88 Å². The summed E-state index contributed by atoms with van der Waals surface area (Å²) in [6.45, 7) is 3.23. The van der Waals surface area contributed by atoms with Crippen LogP contribution in [0.15, 0.2) is 36.5 Å². The van der Waals surface area contributed by atoms with Gasteiger partial charge in [-0.15, -0.1) is 0 Å². The first kappa shape index (κ1) is 19.5. The number of benzene rings is 1. The molecule has 152 valence electrons. The number of piperidine rings is 1. The van der Waals surface area contributed by atoms with Crippen LogP contribution in [-0.2, 0) is 21.2 Å². The predicted molar refractivity (Wildman–Crippen MR) is 111 cm³/mol. The van der Waals surface area contributed by atoms with E-state index in [1.807, 2.05) is 12.1 Å². The Morgan fingerprint density at radius 2 is 1.89 bits per heavy atom. The molecule has 0 aliphatic carbocycles. The summed E-state index contributed by atoms with van der Waals surface area (Å²) in [6, 6.07) is 10.6. The largest absolute Gasteiger partial charge is 0.356 e. The molecule has 0 saturated carbocycles. The molecule has 1 N–H and O–H groups in total. The topological polar surface area (TPSA) is 71.4 Å². The Morgan fingerprint density at radius 1 is 1.11 bits per heavy atom. The molecule has 1 aromatic heterocycles. The summed E-state index contributed by atoms with van der Waals surface area (Å²) in [4.78, 5) is 14.7. The number of carbonyl (C=O) groups excluding carboxylic acids is 1. The second kappa shape index (κ2) is 8.25. The lowest BCUT2D eigenvalue weighted by atomic mass is 9.94. The molecular formula is C21H29N3O3S. The maximum absolute atomic E-state index is 12.5. The summed E-state index contributed by atoms with van der Waals surface area (Å²) in [5.74, 6) is 0.810. The van der Waals surface area contributed by atoms with E-state index in [0.29, 0.717) is 12.3 Å². The summed E-state index contributed by atoms with van der Waals surface area (Å²) in [5, 5.41) is 4.34. The lowest BCUT2D eigenvalue weighted by Gasteiger charge is -2.34. The molecule has 0 radical (unpaired) electrons. The first-order valence-electron chi connectivity index (χ1n) is 10.3. The van der Waals surface area contributed by atoms with E-state index in [0.717, 1.165) is 45.3 Å². The van der Waals surface area contributed by atoms with E-state index < -0.39 is 9.84 Å². The first-order valence-corrected chi connectivity index (χ1v) is 12.1. The van der Waals surface area contributed by atoms with Gasteiger partial charge in [-0.05, 0) is 56.3 Å². The van der Waals surface area contributed by atoms with E-state index in [-0.39, 0.29) is 23.6 Å². The molecule has 1 amide bonds. The van der Waals surface area contributed by atoms with Crippen molar-refractivity contribution in [1.29, 1.82) is 0 Å². The highest BCUT2D eigenvalue weighted by Gasteiger charge is 2.35. The number of likely N-dealkylation sites (tertiary alicyclic amines) is 1. The van der Waals surface area contributed by atoms with Crippen LogP contribution in [0.4, 0.5) is 0 Å². The van der Waals surface area contributed by atoms with Gasteiger partial charge in [0.25, 0.3) is 0 Å². The summed E-state index contributed by atoms with van der Waals surface area (Å²) < 4.78 is 25.6. The van der Waals surface area contributed by atoms with Crippen LogP contribution in [0.5, 0.6) is 0 Å². The number of fused-ring (bicyclic) bond motifs is 1. The summed E-state index contributed by atoms with van der Waals surface area (Å²) in [6.07, 6.45) is 5.40. The van der Waals surface area contributed by atoms with Crippen molar-refractivity contribution in [2.24, 2.45) is 5.92 Å². The molecule has 3 heterocycles. The SMILES string of the molecule is O=C(NCCCn1ccc2ccccc21)C1CCN([C@H]2CCS(=O)(=O)C2)CC1. The Bertz CT molecular complexity index is 929. The first-order chi connectivity index (χ1) is 13.5. The van der Waals surface area contributed by atoms with E-state index >= 15 is 0 Å². The van der Waals surface area contributed by atoms with Crippen molar-refractivity contribution in [3.63, 3.8) is 0 Å². The van der Waals surface area contributed by atoms with E-state index in [2.05, 4.69) is 39.2 Å². The van der Waals surface area contributed by atoms with Gasteiger partial charge in [-0.25, -0.2) is 8.42 Å². The van der Waals surface area contributed by atoms with Gasteiger partial charge in [0.1, 0.15) is 0 Å². The van der Waals surface area contributed by atoms with E-state index in [9.17, 15) is 13.2 Å². The van der Waals surface area contributed by atoms with Crippen molar-refractivity contribution in [3.8, 4) is 0 Å². The average Bonchev–Trinajstić information content (AvgIpc) is 3.28. The molecule has 0 spiro atoms. The molecule has 4 rings (SSSR count). The van der Waals surface area contributed by atoms with E-state index in [1.54, 1.807) is 0 Å². The Labute approximate surface area is 166 Å². The molecule has 2 saturated heterocycles. The third-order valence-corrected chi connectivity index (χ3v) is 7.93. The van der Waals surface area contributed by atoms with Crippen LogP contribution in [0.1, 0.15) is 25.7 Å². The Balaban J connectivity index is 1.18. The molecule has 0 unspecified atom stereocenters. The number of carbonyl (C=O) groups is 1. The van der Waals surface area contributed by atoms with E-state index in [4.69, 9.17) is 0 Å². The zero-order valence-corrected chi connectivity index (χ0v) is 17.0. The summed E-state index contributed by atoms with van der Waals surface area (Å²) >= 11 is 0. The monoisotopic (exact) mass is 403 g/mol. The van der Waals surface area contributed by atoms with Crippen LogP contribution in [0, 0.1) is 5.92 Å². The number of hydrogen-bond acceptors (Lipinski definition) is 4. The van der Waals surface area contributed by atoms with Crippen LogP contribution >= 0.6 is 0 Å². The maximum Gasteiger partial charge on any atom is 0.223 e. The minimum absolute atomic E-state index is 0.0571. The van der Waals surface area contributed by atoms with Gasteiger partial charge in [0.2, 0.25) is 5.91 Å². The minimum Gasteiger partial charge on any atom is -0.356 e. The number of aromatic nitrogens is 1. The number of aryl methyl sites for hydroxylation is 1. The zero-order valence-electron chi connectivity index (χ0n) is 16.2. The molecule has 2 aliphatic heterocycles. The van der Waals surface area contributed by atoms with Crippen LogP contribution in [0.2, 0.25) is 0 Å². The van der Waals surface area contributed by atoms with E-state index in [1.165, 1.54) is 10.9 Å². The van der Waals surface area contributed by atoms with Crippen molar-refractivity contribution in [2.45, 2.75) is 38.3 Å². The number of nitrogens with one attached hydrogen (secondary N) is 1. The molecule has 28 heavy (non-hydrogen) atoms. The zero-order chi connectivity index (χ0) is 19.6. The second-order valence-electron chi connectivity index (χ2n) is 8.08. The fourth-order valence-electron chi connectivity index (χ4n) is 4.53. The van der Waals surface area contributed by atoms with Gasteiger partial charge in [-0.2, -0.15) is 0 Å². The number of amides is 1. The third-order valence-electron chi connectivity index (χ3n) is 6.18. The van der Waals surface area contributed by atoms with Crippen molar-refractivity contribution >= 4 is 26.6 Å². The van der Waals surface area contributed by atoms with Gasteiger partial charge in [-0.3, -0.25) is 9.69 Å². The fourth-order valence-corrected chi connectivity index (χ4v) is 6.29. The van der Waals surface area contributed by atoms with Crippen LogP contribution < -0.4 is 5.32 Å². The summed E-state index contributed by atoms with van der Waals surface area (Å²) in [7, 11) is -2.85. The molecule has 1 aromatic carbocycles. The number of para-hydroxylation sites is 1. The highest BCUT2D eigenvalue weighted by Crippen LogP contribution is 2.24. The number of rotatable bonds is 6. The smallest absolute Gasteiger partial charge is 0.223 e. The number of sulfone groups is 1. The standard InChI is InChI=1S/C21H29N3O3S/c25-21(18-7-12-23(13-8-18)19-9-15-28(26,27)16-19)22-10-3-11-24-14-6-17-4-1-2-5-20(17)24/h1-2,4-6,14,18-19H,3,7-13,15-16H2,(H,22,25)/t19-/m0/s1. The molecule has 6 nitrogen and oxygen atoms in total. The van der Waals surface area contributed by atoms with Gasteiger partial charge in [0, 0.05) is 36.8 Å². The molecule has 7 heteroatoms. The van der Waals surface area contributed by atoms with Crippen molar-refractivity contribution in [1.82, 2.24) is 14.8 Å². The predicted octanol–water partition coefficient (Wildman–Crippen LogP) is 2.05. The van der Waals surface area contributed by atoms with Crippen LogP contribution in [-0.4, -0.2) is 61.0 Å². The molecule has 2 aromatic rings. The fraction of sp³-hybridized carbons (Fsp3) is 0.571. The molecular weight excluding hydrogens is 374 g/mol. The number of nitrogens with zero attached hydrogens (tertiary/aromatic N) is 2. The third kappa shape index (κ3) is 4.41. The molecule has 1 atom stereocenters. The summed E-state index contributed by atoms with van der Waals surface area (Å²) in [5.41, 5.74) is 1.23. The second-order valence-corrected chi connectivity index (χ2v) is 10.3. The molecule has 2 aliphatic rings. The Hall–Kier alpha value is -1.86. The molecule has 2 fully saturated rings.